The van der Waals surface area contributed by atoms with Crippen molar-refractivity contribution in [3.05, 3.63) is 59.9 Å². The molecule has 0 spiro atoms. The highest BCUT2D eigenvalue weighted by Crippen LogP contribution is 2.25. The molecule has 1 atom stereocenters. The monoisotopic (exact) mass is 368 g/mol. The first kappa shape index (κ1) is 20.2. The van der Waals surface area contributed by atoms with Crippen molar-refractivity contribution >= 4 is 0 Å². The molecule has 1 aromatic heterocycles. The van der Waals surface area contributed by atoms with Crippen LogP contribution < -0.4 is 0 Å². The van der Waals surface area contributed by atoms with Crippen LogP contribution in [0, 0.1) is 5.92 Å². The van der Waals surface area contributed by atoms with Gasteiger partial charge in [0.2, 0.25) is 0 Å². The molecule has 1 N–H and O–H groups in total. The lowest BCUT2D eigenvalue weighted by Crippen LogP contribution is -2.36. The minimum atomic E-state index is -0.212. The fourth-order valence-electron chi connectivity index (χ4n) is 4.42. The molecule has 148 valence electrons. The first-order valence-electron chi connectivity index (χ1n) is 10.8. The Bertz CT molecular complexity index is 645. The fourth-order valence-corrected chi connectivity index (χ4v) is 4.42. The molecule has 1 saturated carbocycles. The first-order chi connectivity index (χ1) is 13.2. The van der Waals surface area contributed by atoms with Crippen molar-refractivity contribution in [2.75, 3.05) is 13.1 Å². The third-order valence-electron chi connectivity index (χ3n) is 5.84. The highest BCUT2D eigenvalue weighted by atomic mass is 16.3. The van der Waals surface area contributed by atoms with Gasteiger partial charge in [0.15, 0.2) is 0 Å². The van der Waals surface area contributed by atoms with Crippen LogP contribution in [0.25, 0.3) is 0 Å². The molecular weight excluding hydrogens is 332 g/mol. The average molecular weight is 369 g/mol. The van der Waals surface area contributed by atoms with Gasteiger partial charge in [-0.3, -0.25) is 4.90 Å². The van der Waals surface area contributed by atoms with Gasteiger partial charge in [-0.15, -0.1) is 0 Å². The highest BCUT2D eigenvalue weighted by molar-refractivity contribution is 5.17. The summed E-state index contributed by atoms with van der Waals surface area (Å²) < 4.78 is 2.36. The number of nitrogens with zero attached hydrogens (tertiary/aromatic N) is 2. The van der Waals surface area contributed by atoms with Gasteiger partial charge in [0, 0.05) is 38.1 Å². The van der Waals surface area contributed by atoms with E-state index in [4.69, 9.17) is 0 Å². The zero-order valence-electron chi connectivity index (χ0n) is 16.9. The third-order valence-corrected chi connectivity index (χ3v) is 5.84. The molecule has 1 aliphatic rings. The molecule has 1 heterocycles. The summed E-state index contributed by atoms with van der Waals surface area (Å²) in [5, 5.41) is 10.4. The van der Waals surface area contributed by atoms with E-state index in [1.54, 1.807) is 0 Å². The minimum Gasteiger partial charge on any atom is -0.392 e. The van der Waals surface area contributed by atoms with E-state index in [1.165, 1.54) is 43.4 Å². The second kappa shape index (κ2) is 10.7. The summed E-state index contributed by atoms with van der Waals surface area (Å²) in [4.78, 5) is 2.51. The average Bonchev–Trinajstić information content (AvgIpc) is 3.10. The van der Waals surface area contributed by atoms with E-state index in [1.807, 2.05) is 0 Å². The Morgan fingerprint density at radius 2 is 1.85 bits per heavy atom. The Kier molecular flexibility index (Phi) is 7.97. The van der Waals surface area contributed by atoms with Crippen molar-refractivity contribution in [2.45, 2.75) is 71.1 Å². The third kappa shape index (κ3) is 6.51. The van der Waals surface area contributed by atoms with Crippen LogP contribution in [0.4, 0.5) is 0 Å². The summed E-state index contributed by atoms with van der Waals surface area (Å²) in [5.41, 5.74) is 2.68. The standard InChI is InChI=1S/C24H36N2O/c1-2-10-24(27)20-25(17-21-11-5-3-6-12-21)19-23-15-9-16-26(23)18-22-13-7-4-8-14-22/h4,7-9,13-16,21,24,27H,2-3,5-6,10-12,17-20H2,1H3/t24-/m0/s1. The van der Waals surface area contributed by atoms with Crippen molar-refractivity contribution in [1.29, 1.82) is 0 Å². The van der Waals surface area contributed by atoms with Gasteiger partial charge < -0.3 is 9.67 Å². The maximum absolute atomic E-state index is 10.4. The topological polar surface area (TPSA) is 28.4 Å². The summed E-state index contributed by atoms with van der Waals surface area (Å²) >= 11 is 0. The predicted octanol–water partition coefficient (Wildman–Crippen LogP) is 5.08. The number of aromatic nitrogens is 1. The predicted molar refractivity (Wildman–Crippen MR) is 113 cm³/mol. The summed E-state index contributed by atoms with van der Waals surface area (Å²) in [7, 11) is 0. The maximum Gasteiger partial charge on any atom is 0.0667 e. The lowest BCUT2D eigenvalue weighted by atomic mass is 9.89. The number of benzene rings is 1. The molecule has 1 aromatic carbocycles. The SMILES string of the molecule is CCC[C@H](O)CN(Cc1cccn1Cc1ccccc1)CC1CCCCC1. The number of hydrogen-bond acceptors (Lipinski definition) is 2. The molecule has 0 amide bonds. The van der Waals surface area contributed by atoms with Crippen LogP contribution in [-0.4, -0.2) is 33.8 Å². The summed E-state index contributed by atoms with van der Waals surface area (Å²) in [6, 6.07) is 15.1. The normalized spacial score (nSPS) is 16.7. The first-order valence-corrected chi connectivity index (χ1v) is 10.8. The van der Waals surface area contributed by atoms with Gasteiger partial charge in [0.1, 0.15) is 0 Å². The van der Waals surface area contributed by atoms with E-state index in [0.29, 0.717) is 0 Å². The van der Waals surface area contributed by atoms with Crippen LogP contribution in [0.1, 0.15) is 63.1 Å². The van der Waals surface area contributed by atoms with Gasteiger partial charge in [0.05, 0.1) is 6.10 Å². The molecule has 0 saturated heterocycles. The second-order valence-electron chi connectivity index (χ2n) is 8.25. The van der Waals surface area contributed by atoms with E-state index in [-0.39, 0.29) is 6.10 Å². The summed E-state index contributed by atoms with van der Waals surface area (Å²) in [5.74, 6) is 0.796. The zero-order chi connectivity index (χ0) is 18.9. The molecule has 27 heavy (non-hydrogen) atoms. The Morgan fingerprint density at radius 3 is 2.59 bits per heavy atom. The lowest BCUT2D eigenvalue weighted by Gasteiger charge is -2.31. The van der Waals surface area contributed by atoms with Crippen molar-refractivity contribution < 1.29 is 5.11 Å². The van der Waals surface area contributed by atoms with Crippen LogP contribution in [-0.2, 0) is 13.1 Å². The molecule has 0 unspecified atom stereocenters. The summed E-state index contributed by atoms with van der Waals surface area (Å²) in [6.45, 7) is 5.91. The van der Waals surface area contributed by atoms with Gasteiger partial charge >= 0.3 is 0 Å². The number of hydrogen-bond donors (Lipinski definition) is 1. The van der Waals surface area contributed by atoms with Crippen LogP contribution in [0.2, 0.25) is 0 Å². The van der Waals surface area contributed by atoms with E-state index in [9.17, 15) is 5.11 Å². The summed E-state index contributed by atoms with van der Waals surface area (Å²) in [6.07, 6.45) is 10.8. The van der Waals surface area contributed by atoms with Gasteiger partial charge in [0.25, 0.3) is 0 Å². The molecule has 0 aliphatic heterocycles. The number of aliphatic hydroxyl groups is 1. The van der Waals surface area contributed by atoms with E-state index in [0.717, 1.165) is 44.9 Å². The van der Waals surface area contributed by atoms with Gasteiger partial charge in [-0.25, -0.2) is 0 Å². The van der Waals surface area contributed by atoms with Crippen LogP contribution in [0.15, 0.2) is 48.7 Å². The lowest BCUT2D eigenvalue weighted by molar-refractivity contribution is 0.0853. The second-order valence-corrected chi connectivity index (χ2v) is 8.25. The van der Waals surface area contributed by atoms with Gasteiger partial charge in [-0.2, -0.15) is 0 Å². The smallest absolute Gasteiger partial charge is 0.0667 e. The van der Waals surface area contributed by atoms with Crippen LogP contribution >= 0.6 is 0 Å². The number of rotatable bonds is 10. The van der Waals surface area contributed by atoms with Gasteiger partial charge in [-0.05, 0) is 42.9 Å². The molecule has 0 radical (unpaired) electrons. The Hall–Kier alpha value is -1.58. The van der Waals surface area contributed by atoms with E-state index in [2.05, 4.69) is 65.1 Å². The van der Waals surface area contributed by atoms with Crippen molar-refractivity contribution in [3.8, 4) is 0 Å². The molecule has 3 rings (SSSR count). The van der Waals surface area contributed by atoms with E-state index < -0.39 is 0 Å². The van der Waals surface area contributed by atoms with Crippen molar-refractivity contribution in [2.24, 2.45) is 5.92 Å². The van der Waals surface area contributed by atoms with Crippen molar-refractivity contribution in [1.82, 2.24) is 9.47 Å². The Labute approximate surface area is 165 Å². The molecule has 1 aliphatic carbocycles. The molecule has 1 fully saturated rings. The molecule has 3 nitrogen and oxygen atoms in total. The number of aliphatic hydroxyl groups excluding tert-OH is 1. The molecule has 2 aromatic rings. The van der Waals surface area contributed by atoms with Crippen LogP contribution in [0.5, 0.6) is 0 Å². The Balaban J connectivity index is 1.66. The minimum absolute atomic E-state index is 0.212. The maximum atomic E-state index is 10.4. The zero-order valence-corrected chi connectivity index (χ0v) is 16.9. The molecule has 0 bridgehead atoms. The van der Waals surface area contributed by atoms with E-state index >= 15 is 0 Å². The largest absolute Gasteiger partial charge is 0.392 e. The van der Waals surface area contributed by atoms with Crippen molar-refractivity contribution in [3.63, 3.8) is 0 Å². The van der Waals surface area contributed by atoms with Gasteiger partial charge in [-0.1, -0.05) is 62.9 Å². The fraction of sp³-hybridized carbons (Fsp3) is 0.583. The quantitative estimate of drug-likeness (QED) is 0.633. The van der Waals surface area contributed by atoms with Crippen LogP contribution in [0.3, 0.4) is 0 Å². The molecular formula is C24H36N2O. The highest BCUT2D eigenvalue weighted by Gasteiger charge is 2.20. The Morgan fingerprint density at radius 1 is 1.07 bits per heavy atom. The molecule has 3 heteroatoms.